The number of aryl methyl sites for hydroxylation is 4. The van der Waals surface area contributed by atoms with E-state index < -0.39 is 10.0 Å². The Labute approximate surface area is 126 Å². The van der Waals surface area contributed by atoms with Crippen LogP contribution >= 0.6 is 0 Å². The lowest BCUT2D eigenvalue weighted by molar-refractivity contribution is -0.708. The van der Waals surface area contributed by atoms with Crippen molar-refractivity contribution in [3.63, 3.8) is 0 Å². The minimum absolute atomic E-state index is 0.0431. The number of aromatic nitrogens is 1. The Kier molecular flexibility index (Phi) is 4.44. The average molecular weight is 304 g/mol. The van der Waals surface area contributed by atoms with Crippen molar-refractivity contribution in [2.24, 2.45) is 0 Å². The van der Waals surface area contributed by atoms with E-state index in [1.165, 1.54) is 29.1 Å². The SMILES string of the molecule is Cc1cc(C)[n+](CCc2ccc(S([NH-])(=O)=O)cc2)c(C)c1. The van der Waals surface area contributed by atoms with Gasteiger partial charge in [-0.3, -0.25) is 0 Å². The molecule has 0 fully saturated rings. The van der Waals surface area contributed by atoms with Crippen LogP contribution in [0, 0.1) is 20.8 Å². The Morgan fingerprint density at radius 1 is 1.00 bits per heavy atom. The number of pyridine rings is 1. The summed E-state index contributed by atoms with van der Waals surface area (Å²) in [5, 5.41) is 7.02. The van der Waals surface area contributed by atoms with Gasteiger partial charge in [0.1, 0.15) is 0 Å². The standard InChI is InChI=1S/C16H20N2O2S/c1-12-10-13(2)18(14(3)11-12)9-8-15-4-6-16(7-5-15)21(17,19)20/h4-7,10-11H,8-9H2,1-3H3,(H-,17,19,20). The van der Waals surface area contributed by atoms with Crippen molar-refractivity contribution in [2.75, 3.05) is 0 Å². The van der Waals surface area contributed by atoms with Gasteiger partial charge in [-0.15, -0.1) is 0 Å². The molecular formula is C16H20N2O2S. The Bertz CT molecular complexity index is 727. The summed E-state index contributed by atoms with van der Waals surface area (Å²) >= 11 is 0. The van der Waals surface area contributed by atoms with E-state index in [4.69, 9.17) is 5.14 Å². The summed E-state index contributed by atoms with van der Waals surface area (Å²) in [6.45, 7) is 7.13. The van der Waals surface area contributed by atoms with E-state index in [1.54, 1.807) is 12.1 Å². The van der Waals surface area contributed by atoms with Crippen LogP contribution in [-0.2, 0) is 23.0 Å². The maximum Gasteiger partial charge on any atom is 0.178 e. The number of nitrogens with zero attached hydrogens (tertiary/aromatic N) is 1. The van der Waals surface area contributed by atoms with Gasteiger partial charge in [0, 0.05) is 37.3 Å². The van der Waals surface area contributed by atoms with Crippen molar-refractivity contribution in [1.82, 2.24) is 0 Å². The number of hydrogen-bond acceptors (Lipinski definition) is 2. The minimum Gasteiger partial charge on any atom is -0.560 e. The summed E-state index contributed by atoms with van der Waals surface area (Å²) < 4.78 is 24.5. The van der Waals surface area contributed by atoms with Gasteiger partial charge in [-0.05, 0) is 30.2 Å². The molecule has 112 valence electrons. The normalized spacial score (nSPS) is 11.6. The molecular weight excluding hydrogens is 284 g/mol. The molecule has 0 aliphatic carbocycles. The first-order valence-corrected chi connectivity index (χ1v) is 8.32. The molecule has 0 aliphatic rings. The molecule has 1 aromatic heterocycles. The third kappa shape index (κ3) is 3.89. The third-order valence-electron chi connectivity index (χ3n) is 3.58. The highest BCUT2D eigenvalue weighted by atomic mass is 32.2. The molecule has 0 unspecified atom stereocenters. The van der Waals surface area contributed by atoms with E-state index in [1.807, 2.05) is 0 Å². The lowest BCUT2D eigenvalue weighted by Gasteiger charge is -2.08. The second-order valence-corrected chi connectivity index (χ2v) is 6.84. The highest BCUT2D eigenvalue weighted by molar-refractivity contribution is 7.93. The second kappa shape index (κ2) is 5.95. The van der Waals surface area contributed by atoms with E-state index in [9.17, 15) is 8.42 Å². The summed E-state index contributed by atoms with van der Waals surface area (Å²) in [6.07, 6.45) is 0.827. The zero-order valence-corrected chi connectivity index (χ0v) is 13.4. The Morgan fingerprint density at radius 2 is 1.52 bits per heavy atom. The molecule has 4 nitrogen and oxygen atoms in total. The fourth-order valence-corrected chi connectivity index (χ4v) is 3.06. The van der Waals surface area contributed by atoms with Gasteiger partial charge in [0.05, 0.1) is 10.0 Å². The predicted molar refractivity (Wildman–Crippen MR) is 82.5 cm³/mol. The summed E-state index contributed by atoms with van der Waals surface area (Å²) in [5.41, 5.74) is 4.76. The number of rotatable bonds is 4. The molecule has 1 heterocycles. The summed E-state index contributed by atoms with van der Waals surface area (Å²) in [7, 11) is -3.86. The van der Waals surface area contributed by atoms with Crippen molar-refractivity contribution in [1.29, 1.82) is 0 Å². The molecule has 0 bridgehead atoms. The summed E-state index contributed by atoms with van der Waals surface area (Å²) in [4.78, 5) is 0.0431. The zero-order chi connectivity index (χ0) is 15.6. The molecule has 21 heavy (non-hydrogen) atoms. The molecule has 0 amide bonds. The van der Waals surface area contributed by atoms with Crippen molar-refractivity contribution in [2.45, 2.75) is 38.6 Å². The van der Waals surface area contributed by atoms with Gasteiger partial charge in [-0.1, -0.05) is 12.1 Å². The van der Waals surface area contributed by atoms with Crippen LogP contribution in [0.3, 0.4) is 0 Å². The predicted octanol–water partition coefficient (Wildman–Crippen LogP) is 2.88. The van der Waals surface area contributed by atoms with Crippen LogP contribution in [0.15, 0.2) is 41.3 Å². The van der Waals surface area contributed by atoms with Gasteiger partial charge in [0.25, 0.3) is 0 Å². The molecule has 1 N–H and O–H groups in total. The van der Waals surface area contributed by atoms with Crippen molar-refractivity contribution in [3.05, 3.63) is 64.1 Å². The van der Waals surface area contributed by atoms with Crippen LogP contribution in [0.25, 0.3) is 5.14 Å². The fraction of sp³-hybridized carbons (Fsp3) is 0.312. The van der Waals surface area contributed by atoms with E-state index in [0.717, 1.165) is 18.5 Å². The fourth-order valence-electron chi connectivity index (χ4n) is 2.56. The van der Waals surface area contributed by atoms with E-state index >= 15 is 0 Å². The monoisotopic (exact) mass is 304 g/mol. The zero-order valence-electron chi connectivity index (χ0n) is 12.6. The maximum atomic E-state index is 11.1. The molecule has 0 radical (unpaired) electrons. The molecule has 5 heteroatoms. The Morgan fingerprint density at radius 3 is 2.00 bits per heavy atom. The third-order valence-corrected chi connectivity index (χ3v) is 4.48. The first-order valence-electron chi connectivity index (χ1n) is 6.83. The van der Waals surface area contributed by atoms with Crippen molar-refractivity contribution < 1.29 is 13.0 Å². The van der Waals surface area contributed by atoms with Gasteiger partial charge in [-0.2, -0.15) is 4.57 Å². The van der Waals surface area contributed by atoms with Gasteiger partial charge < -0.3 is 5.14 Å². The molecule has 0 saturated carbocycles. The number of nitrogens with one attached hydrogen (secondary N) is 1. The van der Waals surface area contributed by atoms with Gasteiger partial charge >= 0.3 is 0 Å². The van der Waals surface area contributed by atoms with Gasteiger partial charge in [-0.25, -0.2) is 8.42 Å². The average Bonchev–Trinajstić information content (AvgIpc) is 2.37. The van der Waals surface area contributed by atoms with Crippen molar-refractivity contribution >= 4 is 10.0 Å². The Balaban J connectivity index is 2.14. The number of benzene rings is 1. The van der Waals surface area contributed by atoms with Crippen LogP contribution in [0.4, 0.5) is 0 Å². The number of sulfonamides is 1. The highest BCUT2D eigenvalue weighted by Gasteiger charge is 2.11. The smallest absolute Gasteiger partial charge is 0.178 e. The number of hydrogen-bond donors (Lipinski definition) is 0. The molecule has 2 aromatic rings. The van der Waals surface area contributed by atoms with Crippen molar-refractivity contribution in [3.8, 4) is 0 Å². The molecule has 2 rings (SSSR count). The van der Waals surface area contributed by atoms with E-state index in [-0.39, 0.29) is 4.90 Å². The first-order chi connectivity index (χ1) is 9.77. The summed E-state index contributed by atoms with van der Waals surface area (Å²) in [5.74, 6) is 0. The summed E-state index contributed by atoms with van der Waals surface area (Å²) in [6, 6.07) is 10.9. The maximum absolute atomic E-state index is 11.1. The largest absolute Gasteiger partial charge is 0.560 e. The van der Waals surface area contributed by atoms with E-state index in [0.29, 0.717) is 0 Å². The quantitative estimate of drug-likeness (QED) is 0.815. The molecule has 0 aliphatic heterocycles. The minimum atomic E-state index is -3.86. The second-order valence-electron chi connectivity index (χ2n) is 5.36. The van der Waals surface area contributed by atoms with Crippen LogP contribution in [0.2, 0.25) is 0 Å². The van der Waals surface area contributed by atoms with Crippen LogP contribution in [-0.4, -0.2) is 8.42 Å². The topological polar surface area (TPSA) is 61.8 Å². The van der Waals surface area contributed by atoms with Gasteiger partial charge in [0.15, 0.2) is 17.9 Å². The van der Waals surface area contributed by atoms with Crippen LogP contribution in [0.5, 0.6) is 0 Å². The first kappa shape index (κ1) is 15.7. The lowest BCUT2D eigenvalue weighted by Crippen LogP contribution is -2.41. The molecule has 1 aromatic carbocycles. The van der Waals surface area contributed by atoms with Crippen LogP contribution in [0.1, 0.15) is 22.5 Å². The lowest BCUT2D eigenvalue weighted by atomic mass is 10.1. The highest BCUT2D eigenvalue weighted by Crippen LogP contribution is 2.13. The van der Waals surface area contributed by atoms with Gasteiger partial charge in [0.2, 0.25) is 0 Å². The van der Waals surface area contributed by atoms with Crippen LogP contribution < -0.4 is 4.57 Å². The molecule has 0 atom stereocenters. The Hall–Kier alpha value is -1.72. The molecule has 0 saturated heterocycles. The van der Waals surface area contributed by atoms with E-state index in [2.05, 4.69) is 37.5 Å². The molecule has 0 spiro atoms.